The molecule has 2 fully saturated rings. The van der Waals surface area contributed by atoms with Gasteiger partial charge in [-0.25, -0.2) is 0 Å². The van der Waals surface area contributed by atoms with Crippen LogP contribution in [0.1, 0.15) is 12.0 Å². The van der Waals surface area contributed by atoms with Gasteiger partial charge in [-0.2, -0.15) is 5.10 Å². The van der Waals surface area contributed by atoms with E-state index in [0.717, 1.165) is 35.5 Å². The fraction of sp³-hybridized carbons (Fsp3) is 0.238. The summed E-state index contributed by atoms with van der Waals surface area (Å²) in [5.41, 5.74) is 4.07. The lowest BCUT2D eigenvalue weighted by molar-refractivity contribution is -0.122. The topological polar surface area (TPSA) is 52.2 Å². The van der Waals surface area contributed by atoms with Gasteiger partial charge in [0.1, 0.15) is 0 Å². The highest BCUT2D eigenvalue weighted by Gasteiger charge is 2.50. The first-order valence-corrected chi connectivity index (χ1v) is 9.49. The van der Waals surface area contributed by atoms with Crippen LogP contribution in [0.3, 0.4) is 0 Å². The Morgan fingerprint density at radius 1 is 1.11 bits per heavy atom. The number of likely N-dealkylation sites (tertiary alicyclic amines) is 1. The quantitative estimate of drug-likeness (QED) is 0.752. The fourth-order valence-electron chi connectivity index (χ4n) is 4.31. The highest BCUT2D eigenvalue weighted by Crippen LogP contribution is 2.39. The van der Waals surface area contributed by atoms with Crippen LogP contribution in [-0.2, 0) is 11.3 Å². The predicted molar refractivity (Wildman–Crippen MR) is 106 cm³/mol. The molecule has 2 aliphatic rings. The molecule has 0 spiro atoms. The largest absolute Gasteiger partial charge is 0.305 e. The van der Waals surface area contributed by atoms with Crippen molar-refractivity contribution < 1.29 is 4.79 Å². The molecule has 3 aromatic rings. The number of aromatic amines is 1. The van der Waals surface area contributed by atoms with Crippen molar-refractivity contribution in [1.82, 2.24) is 15.1 Å². The summed E-state index contributed by atoms with van der Waals surface area (Å²) >= 11 is 6.33. The molecule has 0 saturated carbocycles. The van der Waals surface area contributed by atoms with Crippen LogP contribution < -0.4 is 4.90 Å². The number of benzene rings is 2. The van der Waals surface area contributed by atoms with Crippen molar-refractivity contribution in [2.45, 2.75) is 25.0 Å². The highest BCUT2D eigenvalue weighted by molar-refractivity contribution is 6.34. The summed E-state index contributed by atoms with van der Waals surface area (Å²) in [5, 5.41) is 7.97. The number of anilines is 1. The molecule has 2 aromatic carbocycles. The Labute approximate surface area is 162 Å². The first-order valence-electron chi connectivity index (χ1n) is 9.11. The zero-order chi connectivity index (χ0) is 18.4. The molecular weight excluding hydrogens is 360 g/mol. The van der Waals surface area contributed by atoms with Gasteiger partial charge in [0.2, 0.25) is 5.91 Å². The Morgan fingerprint density at radius 2 is 1.89 bits per heavy atom. The van der Waals surface area contributed by atoms with Gasteiger partial charge in [-0.3, -0.25) is 14.8 Å². The summed E-state index contributed by atoms with van der Waals surface area (Å²) < 4.78 is 0. The molecule has 1 amide bonds. The summed E-state index contributed by atoms with van der Waals surface area (Å²) in [6.45, 7) is 1.56. The lowest BCUT2D eigenvalue weighted by atomic mass is 10.1. The van der Waals surface area contributed by atoms with Gasteiger partial charge in [-0.1, -0.05) is 54.1 Å². The number of amides is 1. The van der Waals surface area contributed by atoms with E-state index in [1.165, 1.54) is 0 Å². The molecule has 136 valence electrons. The smallest absolute Gasteiger partial charge is 0.244 e. The van der Waals surface area contributed by atoms with Crippen LogP contribution in [0.15, 0.2) is 60.8 Å². The van der Waals surface area contributed by atoms with Gasteiger partial charge in [-0.15, -0.1) is 0 Å². The number of carbonyl (C=O) groups is 1. The maximum absolute atomic E-state index is 13.0. The summed E-state index contributed by atoms with van der Waals surface area (Å²) in [6.07, 6.45) is 2.72. The van der Waals surface area contributed by atoms with Crippen LogP contribution in [0.5, 0.6) is 0 Å². The summed E-state index contributed by atoms with van der Waals surface area (Å²) in [7, 11) is 0. The van der Waals surface area contributed by atoms with E-state index in [0.29, 0.717) is 11.6 Å². The number of hydrogen-bond acceptors (Lipinski definition) is 3. The van der Waals surface area contributed by atoms with E-state index < -0.39 is 0 Å². The lowest BCUT2D eigenvalue weighted by Gasteiger charge is -2.34. The standard InChI is InChI=1S/C21H19ClN4O/c22-17-8-4-5-9-18(17)26-16-10-19(21(26)27)25(13-16)12-15-11-23-24-20(15)14-6-2-1-3-7-14/h1-9,11,16,19H,10,12-13H2,(H,23,24)/t16-,19-/m0/s1. The van der Waals surface area contributed by atoms with Crippen LogP contribution in [0.2, 0.25) is 5.02 Å². The van der Waals surface area contributed by atoms with E-state index in [-0.39, 0.29) is 18.0 Å². The van der Waals surface area contributed by atoms with Crippen molar-refractivity contribution >= 4 is 23.2 Å². The van der Waals surface area contributed by atoms with Crippen molar-refractivity contribution in [3.05, 3.63) is 71.4 Å². The molecule has 2 atom stereocenters. The van der Waals surface area contributed by atoms with Gasteiger partial charge in [0.25, 0.3) is 0 Å². The van der Waals surface area contributed by atoms with E-state index in [1.54, 1.807) is 0 Å². The molecule has 6 heteroatoms. The van der Waals surface area contributed by atoms with Crippen LogP contribution >= 0.6 is 11.6 Å². The number of nitrogens with zero attached hydrogens (tertiary/aromatic N) is 3. The lowest BCUT2D eigenvalue weighted by Crippen LogP contribution is -2.50. The van der Waals surface area contributed by atoms with Gasteiger partial charge >= 0.3 is 0 Å². The second kappa shape index (κ2) is 6.51. The van der Waals surface area contributed by atoms with Crippen molar-refractivity contribution in [1.29, 1.82) is 0 Å². The number of nitrogens with one attached hydrogen (secondary N) is 1. The first kappa shape index (κ1) is 16.5. The third kappa shape index (κ3) is 2.74. The molecule has 27 heavy (non-hydrogen) atoms. The van der Waals surface area contributed by atoms with Crippen LogP contribution in [-0.4, -0.2) is 39.6 Å². The van der Waals surface area contributed by atoms with E-state index in [2.05, 4.69) is 27.2 Å². The van der Waals surface area contributed by atoms with Gasteiger partial charge in [0.15, 0.2) is 0 Å². The Bertz CT molecular complexity index is 987. The minimum atomic E-state index is -0.0928. The molecule has 2 saturated heterocycles. The number of hydrogen-bond donors (Lipinski definition) is 1. The Kier molecular flexibility index (Phi) is 3.99. The maximum Gasteiger partial charge on any atom is 0.244 e. The number of aromatic nitrogens is 2. The molecule has 5 nitrogen and oxygen atoms in total. The normalized spacial score (nSPS) is 22.0. The molecule has 0 unspecified atom stereocenters. The minimum Gasteiger partial charge on any atom is -0.305 e. The van der Waals surface area contributed by atoms with E-state index >= 15 is 0 Å². The number of para-hydroxylation sites is 1. The van der Waals surface area contributed by atoms with Gasteiger partial charge in [0.05, 0.1) is 34.7 Å². The summed E-state index contributed by atoms with van der Waals surface area (Å²) in [4.78, 5) is 17.2. The van der Waals surface area contributed by atoms with E-state index in [4.69, 9.17) is 11.6 Å². The zero-order valence-electron chi connectivity index (χ0n) is 14.7. The number of fused-ring (bicyclic) bond motifs is 2. The Morgan fingerprint density at radius 3 is 2.67 bits per heavy atom. The average molecular weight is 379 g/mol. The molecule has 0 radical (unpaired) electrons. The van der Waals surface area contributed by atoms with Gasteiger partial charge in [-0.05, 0) is 24.1 Å². The molecular formula is C21H19ClN4O. The van der Waals surface area contributed by atoms with Gasteiger partial charge < -0.3 is 4.90 Å². The number of carbonyl (C=O) groups excluding carboxylic acids is 1. The maximum atomic E-state index is 13.0. The second-order valence-corrected chi connectivity index (χ2v) is 7.54. The third-order valence-electron chi connectivity index (χ3n) is 5.53. The zero-order valence-corrected chi connectivity index (χ0v) is 15.4. The first-order chi connectivity index (χ1) is 13.2. The molecule has 1 aromatic heterocycles. The SMILES string of the molecule is O=C1[C@@H]2C[C@@H](CN2Cc2cn[nH]c2-c2ccccc2)N1c1ccccc1Cl. The van der Waals surface area contributed by atoms with Crippen LogP contribution in [0, 0.1) is 0 Å². The fourth-order valence-corrected chi connectivity index (χ4v) is 4.53. The molecule has 3 heterocycles. The number of halogens is 1. The number of rotatable bonds is 4. The molecule has 5 rings (SSSR count). The highest BCUT2D eigenvalue weighted by atomic mass is 35.5. The van der Waals surface area contributed by atoms with Crippen molar-refractivity contribution in [3.63, 3.8) is 0 Å². The molecule has 2 aliphatic heterocycles. The van der Waals surface area contributed by atoms with Crippen LogP contribution in [0.25, 0.3) is 11.3 Å². The van der Waals surface area contributed by atoms with Crippen molar-refractivity contribution in [3.8, 4) is 11.3 Å². The van der Waals surface area contributed by atoms with Crippen molar-refractivity contribution in [2.24, 2.45) is 0 Å². The molecule has 1 N–H and O–H groups in total. The van der Waals surface area contributed by atoms with E-state index in [1.807, 2.05) is 53.6 Å². The number of H-pyrrole nitrogens is 1. The third-order valence-corrected chi connectivity index (χ3v) is 5.85. The van der Waals surface area contributed by atoms with Gasteiger partial charge in [0, 0.05) is 18.7 Å². The van der Waals surface area contributed by atoms with Crippen LogP contribution in [0.4, 0.5) is 5.69 Å². The summed E-state index contributed by atoms with van der Waals surface area (Å²) in [5.74, 6) is 0.143. The van der Waals surface area contributed by atoms with Crippen molar-refractivity contribution in [2.75, 3.05) is 11.4 Å². The average Bonchev–Trinajstić information content (AvgIpc) is 3.38. The second-order valence-electron chi connectivity index (χ2n) is 7.13. The molecule has 0 aliphatic carbocycles. The minimum absolute atomic E-state index is 0.0928. The monoisotopic (exact) mass is 378 g/mol. The van der Waals surface area contributed by atoms with E-state index in [9.17, 15) is 4.79 Å². The number of piperazine rings is 1. The Balaban J connectivity index is 1.37. The summed E-state index contributed by atoms with van der Waals surface area (Å²) in [6, 6.07) is 17.8. The predicted octanol–water partition coefficient (Wildman–Crippen LogP) is 3.72. The molecule has 2 bridgehead atoms. The Hall–Kier alpha value is -2.63.